The molecule has 3 nitrogen and oxygen atoms in total. The molecule has 0 aromatic heterocycles. The Labute approximate surface area is 303 Å². The molecule has 0 saturated carbocycles. The zero-order valence-corrected chi connectivity index (χ0v) is 39.5. The van der Waals surface area contributed by atoms with Gasteiger partial charge in [0.15, 0.2) is 0 Å². The molecule has 0 atom stereocenters. The molecule has 0 aliphatic rings. The van der Waals surface area contributed by atoms with Crippen molar-refractivity contribution in [2.45, 2.75) is 205 Å². The SMILES string of the molecule is CCC[CH2][Al]([CH2]CCC)[O][Al]([CH2]CCC)[CH2]CCC.CC[N]([Al]([CH2]C)[CH2]C)[Al]([CH2]C)[CH2]C.C[CH2][Al]([CH2]C)[O][Al]([CH2]C)[CH2]C. The van der Waals surface area contributed by atoms with Crippen LogP contribution in [0.4, 0.5) is 0 Å². The minimum Gasteiger partial charge on any atom is -0.636 e. The largest absolute Gasteiger partial charge is 0.636 e. The summed E-state index contributed by atoms with van der Waals surface area (Å²) in [5, 5.41) is 16.9. The number of nitrogens with zero attached hydrogens (tertiary/aromatic N) is 1. The second-order valence-corrected chi connectivity index (χ2v) is 33.3. The van der Waals surface area contributed by atoms with Crippen LogP contribution < -0.4 is 0 Å². The van der Waals surface area contributed by atoms with Gasteiger partial charge in [-0.2, -0.15) is 0 Å². The highest BCUT2D eigenvalue weighted by atomic mass is 27.3. The van der Waals surface area contributed by atoms with Crippen LogP contribution in [0.15, 0.2) is 0 Å². The molecule has 0 N–H and O–H groups in total. The van der Waals surface area contributed by atoms with Crippen molar-refractivity contribution < 1.29 is 5.68 Å². The van der Waals surface area contributed by atoms with Gasteiger partial charge in [0.25, 0.3) is 0 Å². The standard InChI is InChI=1S/4C4H9.C2H5N.8C2H5.6Al.2O/c4*1-3-4-2;1-2-3;8*1-2;;;;;;;;/h4*1,3-4H2,2H3;2H2,1H3;8*1H2,2H3;;;;;;;;. The van der Waals surface area contributed by atoms with E-state index in [9.17, 15) is 0 Å². The molecule has 0 unspecified atom stereocenters. The molecule has 0 amide bonds. The zero-order chi connectivity index (χ0) is 33.3. The Morgan fingerprint density at radius 1 is 0.349 bits per heavy atom. The van der Waals surface area contributed by atoms with Gasteiger partial charge in [0.05, 0.1) is 0 Å². The van der Waals surface area contributed by atoms with E-state index in [0.717, 1.165) is 0 Å². The van der Waals surface area contributed by atoms with Gasteiger partial charge in [-0.3, -0.25) is 0 Å². The molecule has 0 aliphatic carbocycles. The lowest BCUT2D eigenvalue weighted by Crippen LogP contribution is -2.47. The van der Waals surface area contributed by atoms with E-state index >= 15 is 0 Å². The Hall–Kier alpha value is 3.07. The topological polar surface area (TPSA) is 21.7 Å². The number of hydrogen-bond acceptors (Lipinski definition) is 3. The van der Waals surface area contributed by atoms with E-state index in [-0.39, 0.29) is 0 Å². The van der Waals surface area contributed by atoms with Gasteiger partial charge in [-0.1, -0.05) is 205 Å². The highest BCUT2D eigenvalue weighted by Crippen LogP contribution is 2.18. The van der Waals surface area contributed by atoms with Crippen molar-refractivity contribution in [3.63, 3.8) is 0 Å². The molecule has 9 heteroatoms. The monoisotopic (exact) mass is 698 g/mol. The highest BCUT2D eigenvalue weighted by molar-refractivity contribution is 6.72. The van der Waals surface area contributed by atoms with Crippen molar-refractivity contribution in [2.75, 3.05) is 6.54 Å². The Bertz CT molecular complexity index is 451. The maximum Gasteiger partial charge on any atom is 0.430 e. The van der Waals surface area contributed by atoms with Crippen LogP contribution in [0.25, 0.3) is 0 Å². The van der Waals surface area contributed by atoms with Gasteiger partial charge in [-0.25, -0.2) is 0 Å². The van der Waals surface area contributed by atoms with Gasteiger partial charge >= 0.3 is 86.7 Å². The van der Waals surface area contributed by atoms with Crippen molar-refractivity contribution in [1.82, 2.24) is 2.87 Å². The van der Waals surface area contributed by atoms with Crippen LogP contribution in [-0.4, -0.2) is 96.1 Å². The third-order valence-corrected chi connectivity index (χ3v) is 32.2. The van der Waals surface area contributed by atoms with Crippen molar-refractivity contribution in [3.8, 4) is 0 Å². The summed E-state index contributed by atoms with van der Waals surface area (Å²) in [5.74, 6) is 0. The first-order valence-corrected chi connectivity index (χ1v) is 32.6. The van der Waals surface area contributed by atoms with Gasteiger partial charge < -0.3 is 8.55 Å². The van der Waals surface area contributed by atoms with E-state index in [4.69, 9.17) is 5.68 Å². The predicted molar refractivity (Wildman–Crippen MR) is 212 cm³/mol. The van der Waals surface area contributed by atoms with Gasteiger partial charge in [0.1, 0.15) is 0 Å². The second-order valence-electron chi connectivity index (χ2n) is 12.7. The van der Waals surface area contributed by atoms with Crippen LogP contribution in [0.3, 0.4) is 0 Å². The van der Waals surface area contributed by atoms with E-state index in [2.05, 4.69) is 92.9 Å². The van der Waals surface area contributed by atoms with Gasteiger partial charge in [0, 0.05) is 0 Å². The fourth-order valence-electron chi connectivity index (χ4n) is 6.12. The first kappa shape index (κ1) is 50.5. The fourth-order valence-corrected chi connectivity index (χ4v) is 29.9. The van der Waals surface area contributed by atoms with Crippen molar-refractivity contribution in [2.24, 2.45) is 0 Å². The number of hydrogen-bond donors (Lipinski definition) is 0. The fraction of sp³-hybridized carbons (Fsp3) is 1.00. The molecule has 0 radical (unpaired) electrons. The van der Waals surface area contributed by atoms with Crippen LogP contribution in [0, 0.1) is 0 Å². The molecule has 0 rings (SSSR count). The first-order chi connectivity index (χ1) is 20.8. The summed E-state index contributed by atoms with van der Waals surface area (Å²) >= 11 is -4.16. The van der Waals surface area contributed by atoms with E-state index < -0.39 is 86.7 Å². The maximum atomic E-state index is 6.74. The quantitative estimate of drug-likeness (QED) is 0.0798. The van der Waals surface area contributed by atoms with Crippen LogP contribution in [-0.2, 0) is 5.68 Å². The smallest absolute Gasteiger partial charge is 0.430 e. The summed E-state index contributed by atoms with van der Waals surface area (Å²) in [6, 6.07) is 0. The lowest BCUT2D eigenvalue weighted by atomic mass is 10.4. The summed E-state index contributed by atoms with van der Waals surface area (Å²) in [5.41, 5.74) is 0. The predicted octanol–water partition coefficient (Wildman–Crippen LogP) is 12.6. The molecule has 0 heterocycles. The van der Waals surface area contributed by atoms with Crippen molar-refractivity contribution in [3.05, 3.63) is 0 Å². The third-order valence-electron chi connectivity index (χ3n) is 9.30. The Kier molecular flexibility index (Phi) is 46.4. The molecule has 0 aromatic carbocycles. The van der Waals surface area contributed by atoms with Gasteiger partial charge in [-0.15, -0.1) is 0 Å². The lowest BCUT2D eigenvalue weighted by Gasteiger charge is -2.31. The molecule has 0 fully saturated rings. The van der Waals surface area contributed by atoms with Crippen LogP contribution in [0.5, 0.6) is 0 Å². The van der Waals surface area contributed by atoms with Gasteiger partial charge in [0.2, 0.25) is 0 Å². The molecular formula is C34H81Al6NO2. The molecule has 0 saturated heterocycles. The molecule has 0 aromatic rings. The normalized spacial score (nSPS) is 10.5. The molecule has 43 heavy (non-hydrogen) atoms. The summed E-state index contributed by atoms with van der Waals surface area (Å²) < 4.78 is 15.8. The minimum absolute atomic E-state index is 0.505. The van der Waals surface area contributed by atoms with Crippen LogP contribution in [0.2, 0.25) is 63.4 Å². The van der Waals surface area contributed by atoms with E-state index in [1.54, 1.807) is 0 Å². The summed E-state index contributed by atoms with van der Waals surface area (Å²) in [6.07, 6.45) is 11.0. The molecular weight excluding hydrogens is 616 g/mol. The average molecular weight is 698 g/mol. The Morgan fingerprint density at radius 2 is 0.605 bits per heavy atom. The van der Waals surface area contributed by atoms with Crippen LogP contribution in [0.1, 0.15) is 141 Å². The zero-order valence-electron chi connectivity index (χ0n) is 32.6. The Balaban J connectivity index is -0.000000585. The summed E-state index contributed by atoms with van der Waals surface area (Å²) in [7, 11) is 0. The Morgan fingerprint density at radius 3 is 0.791 bits per heavy atom. The van der Waals surface area contributed by atoms with Crippen molar-refractivity contribution >= 4 is 86.7 Å². The first-order valence-electron chi connectivity index (χ1n) is 19.9. The van der Waals surface area contributed by atoms with Gasteiger partial charge in [-0.05, 0) is 6.54 Å². The highest BCUT2D eigenvalue weighted by Gasteiger charge is 2.29. The van der Waals surface area contributed by atoms with Crippen molar-refractivity contribution in [1.29, 1.82) is 0 Å². The van der Waals surface area contributed by atoms with E-state index in [0.29, 0.717) is 0 Å². The van der Waals surface area contributed by atoms with Crippen LogP contribution >= 0.6 is 0 Å². The van der Waals surface area contributed by atoms with E-state index in [1.165, 1.54) is 121 Å². The van der Waals surface area contributed by atoms with E-state index in [1.807, 2.05) is 0 Å². The molecule has 0 spiro atoms. The minimum atomic E-state index is -0.851. The average Bonchev–Trinajstić information content (AvgIpc) is 3.04. The second kappa shape index (κ2) is 39.5. The molecule has 0 aliphatic heterocycles. The number of unbranched alkanes of at least 4 members (excludes halogenated alkanes) is 4. The number of rotatable bonds is 27. The molecule has 252 valence electrons. The summed E-state index contributed by atoms with van der Waals surface area (Å²) in [6.45, 7) is 31.6. The molecule has 0 bridgehead atoms. The maximum absolute atomic E-state index is 6.74. The lowest BCUT2D eigenvalue weighted by molar-refractivity contribution is 0.549. The summed E-state index contributed by atoms with van der Waals surface area (Å²) in [4.78, 5) is 0. The third kappa shape index (κ3) is 29.7.